The summed E-state index contributed by atoms with van der Waals surface area (Å²) in [4.78, 5) is 23.5. The van der Waals surface area contributed by atoms with E-state index in [0.29, 0.717) is 20.4 Å². The molecule has 0 saturated carbocycles. The Morgan fingerprint density at radius 3 is 2.55 bits per heavy atom. The van der Waals surface area contributed by atoms with E-state index >= 15 is 0 Å². The van der Waals surface area contributed by atoms with Crippen LogP contribution in [-0.2, 0) is 26.1 Å². The van der Waals surface area contributed by atoms with E-state index in [1.165, 1.54) is 29.1 Å². The molecule has 210 valence electrons. The van der Waals surface area contributed by atoms with E-state index in [1.54, 1.807) is 13.8 Å². The van der Waals surface area contributed by atoms with Gasteiger partial charge in [-0.3, -0.25) is 19.1 Å². The molecule has 0 fully saturated rings. The molecule has 0 unspecified atom stereocenters. The molecule has 0 spiro atoms. The molecule has 1 aromatic heterocycles. The van der Waals surface area contributed by atoms with E-state index in [1.807, 2.05) is 0 Å². The highest BCUT2D eigenvalue weighted by atomic mass is 35.5. The molecule has 0 aliphatic carbocycles. The molecule has 0 bridgehead atoms. The summed E-state index contributed by atoms with van der Waals surface area (Å²) in [5, 5.41) is 5.87. The highest BCUT2D eigenvalue weighted by Crippen LogP contribution is 2.41. The lowest BCUT2D eigenvalue weighted by Crippen LogP contribution is -2.45. The number of hydrogen-bond acceptors (Lipinski definition) is 7. The van der Waals surface area contributed by atoms with Crippen molar-refractivity contribution in [1.29, 1.82) is 0 Å². The van der Waals surface area contributed by atoms with Crippen molar-refractivity contribution in [2.45, 2.75) is 63.4 Å². The van der Waals surface area contributed by atoms with E-state index in [-0.39, 0.29) is 40.1 Å². The van der Waals surface area contributed by atoms with Crippen LogP contribution in [0.3, 0.4) is 0 Å². The summed E-state index contributed by atoms with van der Waals surface area (Å²) in [6, 6.07) is 3.84. The fourth-order valence-electron chi connectivity index (χ4n) is 3.52. The Labute approximate surface area is 222 Å². The number of sulfonamides is 1. The van der Waals surface area contributed by atoms with Crippen molar-refractivity contribution < 1.29 is 40.7 Å². The number of carbonyl (C=O) groups is 2. The molecule has 2 amide bonds. The maximum absolute atomic E-state index is 13.7. The van der Waals surface area contributed by atoms with Crippen molar-refractivity contribution in [1.82, 2.24) is 9.78 Å². The summed E-state index contributed by atoms with van der Waals surface area (Å²) in [5.41, 5.74) is 2.50. The van der Waals surface area contributed by atoms with E-state index in [2.05, 4.69) is 15.2 Å². The predicted molar refractivity (Wildman–Crippen MR) is 132 cm³/mol. The third-order valence-electron chi connectivity index (χ3n) is 5.85. The highest BCUT2D eigenvalue weighted by molar-refractivity contribution is 7.93. The molecule has 38 heavy (non-hydrogen) atoms. The zero-order valence-corrected chi connectivity index (χ0v) is 22.4. The Hall–Kier alpha value is -3.20. The zero-order valence-electron chi connectivity index (χ0n) is 20.9. The van der Waals surface area contributed by atoms with Gasteiger partial charge in [-0.15, -0.1) is 0 Å². The van der Waals surface area contributed by atoms with Crippen LogP contribution < -0.4 is 20.1 Å². The number of nitrogens with zero attached hydrogens (tertiary/aromatic N) is 3. The molecule has 2 atom stereocenters. The minimum absolute atomic E-state index is 0.0267. The van der Waals surface area contributed by atoms with Gasteiger partial charge in [-0.05, 0) is 45.4 Å². The first-order valence-corrected chi connectivity index (χ1v) is 13.2. The van der Waals surface area contributed by atoms with Gasteiger partial charge < -0.3 is 15.2 Å². The first kappa shape index (κ1) is 29.4. The highest BCUT2D eigenvalue weighted by Gasteiger charge is 2.51. The van der Waals surface area contributed by atoms with Crippen LogP contribution in [0.1, 0.15) is 34.1 Å². The summed E-state index contributed by atoms with van der Waals surface area (Å²) in [6.45, 7) is 4.78. The van der Waals surface area contributed by atoms with Crippen LogP contribution >= 0.6 is 11.6 Å². The smallest absolute Gasteiger partial charge is 0.427 e. The molecule has 1 aliphatic rings. The Balaban J connectivity index is 2.00. The maximum Gasteiger partial charge on any atom is 0.427 e. The number of carbonyl (C=O) groups excluding carboxylic acids is 2. The van der Waals surface area contributed by atoms with E-state index in [4.69, 9.17) is 22.1 Å². The van der Waals surface area contributed by atoms with Gasteiger partial charge in [-0.1, -0.05) is 18.5 Å². The van der Waals surface area contributed by atoms with Crippen molar-refractivity contribution in [2.75, 3.05) is 16.2 Å². The molecule has 3 rings (SSSR count). The number of rotatable bonds is 8. The summed E-state index contributed by atoms with van der Waals surface area (Å²) in [6.07, 6.45) is -5.65. The molecule has 16 heteroatoms. The number of nitrogens with one attached hydrogen (secondary N) is 1. The number of hydrogen-bond donors (Lipinski definition) is 2. The SMILES string of the molecule is CCn1cc(S(=O)(=O)N2C[C@H](C[C@H](C)C(N)=O)Oc3ccc(NC(=O)OC(C)(C)C(F)(F)F)cc32)c(Cl)n1. The molecule has 0 saturated heterocycles. The first-order chi connectivity index (χ1) is 17.5. The lowest BCUT2D eigenvalue weighted by atomic mass is 10.0. The maximum atomic E-state index is 13.7. The van der Waals surface area contributed by atoms with Gasteiger partial charge >= 0.3 is 12.3 Å². The molecule has 2 aromatic rings. The average Bonchev–Trinajstić information content (AvgIpc) is 3.19. The number of ether oxygens (including phenoxy) is 2. The van der Waals surface area contributed by atoms with Gasteiger partial charge in [-0.25, -0.2) is 13.2 Å². The van der Waals surface area contributed by atoms with Crippen molar-refractivity contribution in [2.24, 2.45) is 11.7 Å². The van der Waals surface area contributed by atoms with E-state index < -0.39 is 45.8 Å². The average molecular weight is 582 g/mol. The molecule has 0 radical (unpaired) electrons. The second kappa shape index (κ2) is 10.5. The van der Waals surface area contributed by atoms with Crippen LogP contribution in [0, 0.1) is 5.92 Å². The van der Waals surface area contributed by atoms with Crippen LogP contribution in [0.2, 0.25) is 5.15 Å². The Bertz CT molecular complexity index is 1330. The monoisotopic (exact) mass is 581 g/mol. The molecule has 1 aromatic carbocycles. The standard InChI is InChI=1S/C22H27ClF3N5O6S/c1-5-30-11-17(18(23)29-30)38(34,35)31-10-14(8-12(2)19(27)32)36-16-7-6-13(9-15(16)31)28-20(33)37-21(3,4)22(24,25)26/h6-7,9,11-12,14H,5,8,10H2,1-4H3,(H2,27,32)(H,28,33)/t12-,14-/m0/s1. The number of amides is 2. The van der Waals surface area contributed by atoms with Gasteiger partial charge in [0.15, 0.2) is 5.15 Å². The van der Waals surface area contributed by atoms with Gasteiger partial charge in [0.1, 0.15) is 16.7 Å². The minimum Gasteiger partial charge on any atom is -0.486 e. The number of alkyl halides is 3. The van der Waals surface area contributed by atoms with Crippen molar-refractivity contribution in [3.8, 4) is 5.75 Å². The first-order valence-electron chi connectivity index (χ1n) is 11.4. The fourth-order valence-corrected chi connectivity index (χ4v) is 5.47. The van der Waals surface area contributed by atoms with Crippen LogP contribution in [0.5, 0.6) is 5.75 Å². The third-order valence-corrected chi connectivity index (χ3v) is 8.02. The molecular formula is C22H27ClF3N5O6S. The summed E-state index contributed by atoms with van der Waals surface area (Å²) in [5.74, 6) is -1.15. The Morgan fingerprint density at radius 1 is 1.34 bits per heavy atom. The minimum atomic E-state index is -4.82. The van der Waals surface area contributed by atoms with Crippen molar-refractivity contribution in [3.63, 3.8) is 0 Å². The normalized spacial score (nSPS) is 16.8. The molecule has 2 heterocycles. The van der Waals surface area contributed by atoms with Crippen molar-refractivity contribution >= 4 is 45.0 Å². The number of aryl methyl sites for hydroxylation is 1. The lowest BCUT2D eigenvalue weighted by molar-refractivity contribution is -0.242. The quantitative estimate of drug-likeness (QED) is 0.480. The van der Waals surface area contributed by atoms with Gasteiger partial charge in [0.25, 0.3) is 10.0 Å². The number of halogens is 4. The number of anilines is 2. The van der Waals surface area contributed by atoms with Gasteiger partial charge in [0.05, 0.1) is 12.2 Å². The topological polar surface area (TPSA) is 146 Å². The Morgan fingerprint density at radius 2 is 2.00 bits per heavy atom. The second-order valence-electron chi connectivity index (χ2n) is 9.16. The van der Waals surface area contributed by atoms with Crippen molar-refractivity contribution in [3.05, 3.63) is 29.5 Å². The number of fused-ring (bicyclic) bond motifs is 1. The van der Waals surface area contributed by atoms with Gasteiger partial charge in [-0.2, -0.15) is 18.3 Å². The van der Waals surface area contributed by atoms with Crippen LogP contribution in [0.15, 0.2) is 29.3 Å². The van der Waals surface area contributed by atoms with Crippen LogP contribution in [-0.4, -0.2) is 54.6 Å². The summed E-state index contributed by atoms with van der Waals surface area (Å²) >= 11 is 6.12. The van der Waals surface area contributed by atoms with Crippen LogP contribution in [0.25, 0.3) is 0 Å². The Kier molecular flexibility index (Phi) is 8.13. The number of aromatic nitrogens is 2. The number of benzene rings is 1. The third kappa shape index (κ3) is 6.09. The molecular weight excluding hydrogens is 555 g/mol. The fraction of sp³-hybridized carbons (Fsp3) is 0.500. The second-order valence-corrected chi connectivity index (χ2v) is 11.3. The predicted octanol–water partition coefficient (Wildman–Crippen LogP) is 3.91. The largest absolute Gasteiger partial charge is 0.486 e. The van der Waals surface area contributed by atoms with Gasteiger partial charge in [0, 0.05) is 24.3 Å². The number of primary amides is 1. The lowest BCUT2D eigenvalue weighted by Gasteiger charge is -2.36. The zero-order chi connectivity index (χ0) is 28.6. The molecule has 1 aliphatic heterocycles. The number of nitrogens with two attached hydrogens (primary N) is 1. The summed E-state index contributed by atoms with van der Waals surface area (Å²) < 4.78 is 79.4. The van der Waals surface area contributed by atoms with E-state index in [0.717, 1.165) is 4.31 Å². The van der Waals surface area contributed by atoms with Gasteiger partial charge in [0.2, 0.25) is 11.5 Å². The molecule has 3 N–H and O–H groups in total. The van der Waals surface area contributed by atoms with Crippen LogP contribution in [0.4, 0.5) is 29.3 Å². The van der Waals surface area contributed by atoms with E-state index in [9.17, 15) is 31.2 Å². The summed E-state index contributed by atoms with van der Waals surface area (Å²) in [7, 11) is -4.35. The molecule has 11 nitrogen and oxygen atoms in total.